The van der Waals surface area contributed by atoms with Crippen molar-refractivity contribution in [3.63, 3.8) is 0 Å². The molecule has 29 heavy (non-hydrogen) atoms. The highest BCUT2D eigenvalue weighted by molar-refractivity contribution is 6.15. The van der Waals surface area contributed by atoms with E-state index in [2.05, 4.69) is 23.6 Å². The minimum atomic E-state index is -0.229. The number of hydrogen-bond acceptors (Lipinski definition) is 5. The van der Waals surface area contributed by atoms with E-state index in [1.54, 1.807) is 19.3 Å². The number of ether oxygens (including phenoxy) is 2. The number of nitrogens with zero attached hydrogens (tertiary/aromatic N) is 2. The summed E-state index contributed by atoms with van der Waals surface area (Å²) in [5.74, 6) is 1.29. The Kier molecular flexibility index (Phi) is 5.03. The van der Waals surface area contributed by atoms with Crippen LogP contribution in [0, 0.1) is 0 Å². The van der Waals surface area contributed by atoms with E-state index < -0.39 is 0 Å². The van der Waals surface area contributed by atoms with Crippen LogP contribution in [0.5, 0.6) is 17.2 Å². The molecule has 0 spiro atoms. The Morgan fingerprint density at radius 2 is 2.03 bits per heavy atom. The van der Waals surface area contributed by atoms with E-state index >= 15 is 0 Å². The molecule has 1 N–H and O–H groups in total. The molecular weight excluding hydrogens is 368 g/mol. The molecule has 6 nitrogen and oxygen atoms in total. The van der Waals surface area contributed by atoms with E-state index in [-0.39, 0.29) is 17.3 Å². The van der Waals surface area contributed by atoms with Gasteiger partial charge in [0.2, 0.25) is 5.78 Å². The Balaban J connectivity index is 1.73. The fourth-order valence-electron chi connectivity index (χ4n) is 3.61. The van der Waals surface area contributed by atoms with Crippen LogP contribution in [0.2, 0.25) is 0 Å². The van der Waals surface area contributed by atoms with Gasteiger partial charge in [-0.05, 0) is 69.5 Å². The normalized spacial score (nSPS) is 14.6. The van der Waals surface area contributed by atoms with Gasteiger partial charge < -0.3 is 24.0 Å². The van der Waals surface area contributed by atoms with Gasteiger partial charge >= 0.3 is 0 Å². The molecular formula is C23H24N2O4. The van der Waals surface area contributed by atoms with Crippen molar-refractivity contribution in [2.75, 3.05) is 27.7 Å². The topological polar surface area (TPSA) is 63.9 Å². The van der Waals surface area contributed by atoms with Crippen molar-refractivity contribution in [2.45, 2.75) is 13.0 Å². The zero-order valence-corrected chi connectivity index (χ0v) is 16.8. The zero-order valence-electron chi connectivity index (χ0n) is 16.8. The Hall–Kier alpha value is -3.25. The zero-order chi connectivity index (χ0) is 20.5. The van der Waals surface area contributed by atoms with Crippen LogP contribution in [0.1, 0.15) is 22.3 Å². The molecule has 0 saturated carbocycles. The number of carbonyl (C=O) groups is 1. The first kappa shape index (κ1) is 19.1. The highest BCUT2D eigenvalue weighted by atomic mass is 16.5. The first-order chi connectivity index (χ1) is 14.0. The lowest BCUT2D eigenvalue weighted by Gasteiger charge is -2.10. The number of aromatic nitrogens is 1. The summed E-state index contributed by atoms with van der Waals surface area (Å²) < 4.78 is 13.3. The minimum absolute atomic E-state index is 0.0455. The third-order valence-electron chi connectivity index (χ3n) is 5.06. The summed E-state index contributed by atoms with van der Waals surface area (Å²) in [7, 11) is 5.76. The summed E-state index contributed by atoms with van der Waals surface area (Å²) in [5.41, 5.74) is 2.35. The molecule has 1 aliphatic rings. The molecule has 1 aliphatic heterocycles. The molecule has 6 heteroatoms. The Labute approximate surface area is 169 Å². The molecule has 0 bridgehead atoms. The number of phenols is 1. The summed E-state index contributed by atoms with van der Waals surface area (Å²) in [6, 6.07) is 10.5. The average Bonchev–Trinajstić information content (AvgIpc) is 3.19. The molecule has 1 aromatic heterocycles. The minimum Gasteiger partial charge on any atom is -0.508 e. The first-order valence-electron chi connectivity index (χ1n) is 9.55. The van der Waals surface area contributed by atoms with E-state index in [0.29, 0.717) is 11.3 Å². The van der Waals surface area contributed by atoms with Crippen molar-refractivity contribution in [2.24, 2.45) is 0 Å². The van der Waals surface area contributed by atoms with Crippen molar-refractivity contribution < 1.29 is 19.4 Å². The van der Waals surface area contributed by atoms with Crippen LogP contribution in [-0.4, -0.2) is 48.1 Å². The molecule has 0 fully saturated rings. The van der Waals surface area contributed by atoms with E-state index in [1.165, 1.54) is 12.1 Å². The predicted octanol–water partition coefficient (Wildman–Crippen LogP) is 3.92. The molecule has 2 heterocycles. The molecule has 0 radical (unpaired) electrons. The second-order valence-corrected chi connectivity index (χ2v) is 7.44. The molecule has 0 atom stereocenters. The highest BCUT2D eigenvalue weighted by Crippen LogP contribution is 2.35. The van der Waals surface area contributed by atoms with Gasteiger partial charge in [0, 0.05) is 29.2 Å². The van der Waals surface area contributed by atoms with E-state index in [1.807, 2.05) is 24.4 Å². The number of aromatic hydroxyl groups is 1. The number of ketones is 1. The van der Waals surface area contributed by atoms with Crippen molar-refractivity contribution >= 4 is 22.8 Å². The lowest BCUT2D eigenvalue weighted by Crippen LogP contribution is -2.14. The van der Waals surface area contributed by atoms with Crippen molar-refractivity contribution in [3.05, 3.63) is 59.5 Å². The van der Waals surface area contributed by atoms with Gasteiger partial charge in [0.1, 0.15) is 17.2 Å². The van der Waals surface area contributed by atoms with Gasteiger partial charge in [0.05, 0.1) is 12.7 Å². The standard InChI is InChI=1S/C23H24N2O4/c1-24(2)9-4-10-25-14-15(18-13-17(28-3)6-7-20(18)25)11-22-23(27)19-12-16(26)5-8-21(19)29-22/h5-8,11-14,26H,4,9-10H2,1-3H3. The Bertz CT molecular complexity index is 1110. The molecule has 3 aromatic rings. The third kappa shape index (κ3) is 3.71. The monoisotopic (exact) mass is 392 g/mol. The number of benzene rings is 2. The van der Waals surface area contributed by atoms with Crippen molar-refractivity contribution in [1.29, 1.82) is 0 Å². The summed E-state index contributed by atoms with van der Waals surface area (Å²) in [4.78, 5) is 14.9. The van der Waals surface area contributed by atoms with Crippen molar-refractivity contribution in [3.8, 4) is 17.2 Å². The SMILES string of the molecule is COc1ccc2c(c1)c(C=C1Oc3ccc(O)cc3C1=O)cn2CCCN(C)C. The molecule has 0 aliphatic carbocycles. The van der Waals surface area contributed by atoms with Gasteiger partial charge in [-0.15, -0.1) is 0 Å². The van der Waals surface area contributed by atoms with Crippen LogP contribution in [-0.2, 0) is 6.54 Å². The highest BCUT2D eigenvalue weighted by Gasteiger charge is 2.28. The van der Waals surface area contributed by atoms with Crippen LogP contribution in [0.15, 0.2) is 48.4 Å². The van der Waals surface area contributed by atoms with Gasteiger partial charge in [0.15, 0.2) is 5.76 Å². The van der Waals surface area contributed by atoms with Gasteiger partial charge in [-0.2, -0.15) is 0 Å². The molecule has 0 saturated heterocycles. The molecule has 0 unspecified atom stereocenters. The van der Waals surface area contributed by atoms with E-state index in [9.17, 15) is 9.90 Å². The number of methoxy groups -OCH3 is 1. The van der Waals surface area contributed by atoms with Crippen LogP contribution in [0.25, 0.3) is 17.0 Å². The van der Waals surface area contributed by atoms with Gasteiger partial charge in [0.25, 0.3) is 0 Å². The Morgan fingerprint density at radius 3 is 2.79 bits per heavy atom. The van der Waals surface area contributed by atoms with Crippen LogP contribution >= 0.6 is 0 Å². The van der Waals surface area contributed by atoms with Crippen molar-refractivity contribution in [1.82, 2.24) is 9.47 Å². The van der Waals surface area contributed by atoms with Gasteiger partial charge in [-0.1, -0.05) is 0 Å². The largest absolute Gasteiger partial charge is 0.508 e. The van der Waals surface area contributed by atoms with Crippen LogP contribution < -0.4 is 9.47 Å². The number of Topliss-reactive ketones (excluding diaryl/α,β-unsaturated/α-hetero) is 1. The molecule has 4 rings (SSSR count). The van der Waals surface area contributed by atoms with Gasteiger partial charge in [-0.25, -0.2) is 0 Å². The summed E-state index contributed by atoms with van der Waals surface area (Å²) >= 11 is 0. The quantitative estimate of drug-likeness (QED) is 0.644. The summed E-state index contributed by atoms with van der Waals surface area (Å²) in [6.45, 7) is 1.86. The van der Waals surface area contributed by atoms with E-state index in [4.69, 9.17) is 9.47 Å². The number of allylic oxidation sites excluding steroid dienone is 1. The molecule has 0 amide bonds. The van der Waals surface area contributed by atoms with Crippen LogP contribution in [0.4, 0.5) is 0 Å². The summed E-state index contributed by atoms with van der Waals surface area (Å²) in [6.07, 6.45) is 4.83. The second kappa shape index (κ2) is 7.64. The Morgan fingerprint density at radius 1 is 1.21 bits per heavy atom. The van der Waals surface area contributed by atoms with E-state index in [0.717, 1.165) is 41.7 Å². The maximum Gasteiger partial charge on any atom is 0.232 e. The fourth-order valence-corrected chi connectivity index (χ4v) is 3.61. The summed E-state index contributed by atoms with van der Waals surface area (Å²) in [5, 5.41) is 10.7. The maximum absolute atomic E-state index is 12.7. The lowest BCUT2D eigenvalue weighted by molar-refractivity contribution is 0.101. The first-order valence-corrected chi connectivity index (χ1v) is 9.55. The van der Waals surface area contributed by atoms with Crippen LogP contribution in [0.3, 0.4) is 0 Å². The maximum atomic E-state index is 12.7. The number of aryl methyl sites for hydroxylation is 1. The lowest BCUT2D eigenvalue weighted by atomic mass is 10.1. The fraction of sp³-hybridized carbons (Fsp3) is 0.261. The number of phenolic OH excluding ortho intramolecular Hbond substituents is 1. The molecule has 150 valence electrons. The number of carbonyl (C=O) groups excluding carboxylic acids is 1. The van der Waals surface area contributed by atoms with Gasteiger partial charge in [-0.3, -0.25) is 4.79 Å². The second-order valence-electron chi connectivity index (χ2n) is 7.44. The third-order valence-corrected chi connectivity index (χ3v) is 5.06. The number of hydrogen-bond donors (Lipinski definition) is 1. The molecule has 2 aromatic carbocycles. The number of fused-ring (bicyclic) bond motifs is 2. The average molecular weight is 392 g/mol. The predicted molar refractivity (Wildman–Crippen MR) is 113 cm³/mol. The number of rotatable bonds is 6. The smallest absolute Gasteiger partial charge is 0.232 e.